The number of hydrogen-bond acceptors (Lipinski definition) is 2. The van der Waals surface area contributed by atoms with Gasteiger partial charge in [-0.15, -0.1) is 0 Å². The van der Waals surface area contributed by atoms with Crippen LogP contribution in [0.4, 0.5) is 5.69 Å². The molecule has 1 amide bonds. The summed E-state index contributed by atoms with van der Waals surface area (Å²) in [4.78, 5) is 15.2. The number of likely N-dealkylation sites (tertiary alicyclic amines) is 1. The molecule has 0 aromatic heterocycles. The lowest BCUT2D eigenvalue weighted by molar-refractivity contribution is -0.121. The molecule has 0 atom stereocenters. The Morgan fingerprint density at radius 3 is 2.44 bits per heavy atom. The smallest absolute Gasteiger partial charge is 0.227 e. The van der Waals surface area contributed by atoms with Gasteiger partial charge in [0.15, 0.2) is 0 Å². The van der Waals surface area contributed by atoms with Crippen molar-refractivity contribution in [1.29, 1.82) is 0 Å². The summed E-state index contributed by atoms with van der Waals surface area (Å²) in [6.07, 6.45) is 1.79. The van der Waals surface area contributed by atoms with Crippen molar-refractivity contribution in [3.63, 3.8) is 0 Å². The molecule has 1 saturated heterocycles. The van der Waals surface area contributed by atoms with E-state index in [9.17, 15) is 4.79 Å². The van der Waals surface area contributed by atoms with E-state index in [4.69, 9.17) is 11.6 Å². The van der Waals surface area contributed by atoms with Crippen molar-refractivity contribution in [3.8, 4) is 0 Å². The third-order valence-corrected chi connectivity index (χ3v) is 5.58. The lowest BCUT2D eigenvalue weighted by atomic mass is 9.95. The van der Waals surface area contributed by atoms with Gasteiger partial charge < -0.3 is 5.32 Å². The van der Waals surface area contributed by atoms with Gasteiger partial charge in [0.2, 0.25) is 5.91 Å². The third-order valence-electron chi connectivity index (χ3n) is 5.33. The van der Waals surface area contributed by atoms with Crippen LogP contribution in [0.2, 0.25) is 5.02 Å². The Hall–Kier alpha value is -2.36. The van der Waals surface area contributed by atoms with Crippen LogP contribution in [0, 0.1) is 5.92 Å². The molecule has 1 N–H and O–H groups in total. The van der Waals surface area contributed by atoms with Crippen LogP contribution in [0.1, 0.15) is 18.4 Å². The molecule has 1 aliphatic heterocycles. The summed E-state index contributed by atoms with van der Waals surface area (Å²) in [5.74, 6) is 0.211. The summed E-state index contributed by atoms with van der Waals surface area (Å²) < 4.78 is 0. The SMILES string of the molecule is O=C(Nc1cccc2ccccc12)C1CCN(Cc2ccc(Cl)cc2)CC1. The van der Waals surface area contributed by atoms with E-state index in [0.29, 0.717) is 0 Å². The number of carbonyl (C=O) groups excluding carboxylic acids is 1. The normalized spacial score (nSPS) is 15.7. The summed E-state index contributed by atoms with van der Waals surface area (Å²) in [6.45, 7) is 2.79. The second kappa shape index (κ2) is 8.12. The zero-order valence-electron chi connectivity index (χ0n) is 15.2. The molecule has 0 saturated carbocycles. The van der Waals surface area contributed by atoms with Gasteiger partial charge in [0.05, 0.1) is 0 Å². The molecule has 1 heterocycles. The first kappa shape index (κ1) is 18.0. The highest BCUT2D eigenvalue weighted by atomic mass is 35.5. The largest absolute Gasteiger partial charge is 0.325 e. The van der Waals surface area contributed by atoms with Crippen molar-refractivity contribution in [2.45, 2.75) is 19.4 Å². The zero-order valence-corrected chi connectivity index (χ0v) is 16.0. The fraction of sp³-hybridized carbons (Fsp3) is 0.261. The first-order chi connectivity index (χ1) is 13.2. The van der Waals surface area contributed by atoms with Gasteiger partial charge >= 0.3 is 0 Å². The number of halogens is 1. The number of fused-ring (bicyclic) bond motifs is 1. The maximum absolute atomic E-state index is 12.8. The standard InChI is InChI=1S/C23H23ClN2O/c24-20-10-8-17(9-11-20)16-26-14-12-19(13-15-26)23(27)25-22-7-3-5-18-4-1-2-6-21(18)22/h1-11,19H,12-16H2,(H,25,27). The van der Waals surface area contributed by atoms with E-state index < -0.39 is 0 Å². The number of amides is 1. The quantitative estimate of drug-likeness (QED) is 0.664. The van der Waals surface area contributed by atoms with Gasteiger partial charge in [0.25, 0.3) is 0 Å². The molecule has 0 aliphatic carbocycles. The van der Waals surface area contributed by atoms with Crippen LogP contribution in [0.15, 0.2) is 66.7 Å². The second-order valence-electron chi connectivity index (χ2n) is 7.19. The molecule has 0 radical (unpaired) electrons. The van der Waals surface area contributed by atoms with Crippen molar-refractivity contribution in [2.24, 2.45) is 5.92 Å². The Morgan fingerprint density at radius 2 is 1.67 bits per heavy atom. The lowest BCUT2D eigenvalue weighted by Crippen LogP contribution is -2.37. The Bertz CT molecular complexity index is 925. The molecule has 3 aromatic carbocycles. The van der Waals surface area contributed by atoms with E-state index in [0.717, 1.165) is 54.0 Å². The Kier molecular flexibility index (Phi) is 5.42. The first-order valence-electron chi connectivity index (χ1n) is 9.44. The number of nitrogens with zero attached hydrogens (tertiary/aromatic N) is 1. The molecule has 27 heavy (non-hydrogen) atoms. The molecule has 4 rings (SSSR count). The van der Waals surface area contributed by atoms with Crippen LogP contribution >= 0.6 is 11.6 Å². The average Bonchev–Trinajstić information content (AvgIpc) is 2.70. The topological polar surface area (TPSA) is 32.3 Å². The molecule has 4 heteroatoms. The minimum Gasteiger partial charge on any atom is -0.325 e. The fourth-order valence-corrected chi connectivity index (χ4v) is 3.90. The predicted octanol–water partition coefficient (Wildman–Crippen LogP) is 5.34. The molecule has 0 bridgehead atoms. The highest BCUT2D eigenvalue weighted by molar-refractivity contribution is 6.30. The maximum atomic E-state index is 12.8. The molecular weight excluding hydrogens is 356 g/mol. The van der Waals surface area contributed by atoms with Crippen molar-refractivity contribution in [1.82, 2.24) is 4.90 Å². The predicted molar refractivity (Wildman–Crippen MR) is 112 cm³/mol. The monoisotopic (exact) mass is 378 g/mol. The molecule has 3 aromatic rings. The van der Waals surface area contributed by atoms with Crippen molar-refractivity contribution in [3.05, 3.63) is 77.3 Å². The van der Waals surface area contributed by atoms with Gasteiger partial charge in [-0.3, -0.25) is 9.69 Å². The summed E-state index contributed by atoms with van der Waals surface area (Å²) in [7, 11) is 0. The number of benzene rings is 3. The summed E-state index contributed by atoms with van der Waals surface area (Å²) >= 11 is 5.95. The van der Waals surface area contributed by atoms with Gasteiger partial charge in [0.1, 0.15) is 0 Å². The summed E-state index contributed by atoms with van der Waals surface area (Å²) in [5, 5.41) is 6.16. The molecule has 138 valence electrons. The highest BCUT2D eigenvalue weighted by Gasteiger charge is 2.25. The van der Waals surface area contributed by atoms with Crippen molar-refractivity contribution >= 4 is 34.0 Å². The van der Waals surface area contributed by atoms with Crippen LogP contribution in [-0.2, 0) is 11.3 Å². The molecule has 0 unspecified atom stereocenters. The van der Waals surface area contributed by atoms with Crippen molar-refractivity contribution < 1.29 is 4.79 Å². The molecule has 1 aliphatic rings. The third kappa shape index (κ3) is 4.32. The minimum absolute atomic E-state index is 0.0745. The average molecular weight is 379 g/mol. The second-order valence-corrected chi connectivity index (χ2v) is 7.63. The van der Waals surface area contributed by atoms with E-state index in [1.54, 1.807) is 0 Å². The van der Waals surface area contributed by atoms with Crippen molar-refractivity contribution in [2.75, 3.05) is 18.4 Å². The van der Waals surface area contributed by atoms with Gasteiger partial charge in [0, 0.05) is 28.6 Å². The molecular formula is C23H23ClN2O. The summed E-state index contributed by atoms with van der Waals surface area (Å²) in [6, 6.07) is 22.2. The van der Waals surface area contributed by atoms with Crippen LogP contribution < -0.4 is 5.32 Å². The molecule has 0 spiro atoms. The number of carbonyl (C=O) groups is 1. The van der Waals surface area contributed by atoms with Gasteiger partial charge in [-0.05, 0) is 55.1 Å². The Morgan fingerprint density at radius 1 is 0.963 bits per heavy atom. The number of piperidine rings is 1. The lowest BCUT2D eigenvalue weighted by Gasteiger charge is -2.31. The van der Waals surface area contributed by atoms with E-state index >= 15 is 0 Å². The number of anilines is 1. The zero-order chi connectivity index (χ0) is 18.6. The number of nitrogens with one attached hydrogen (secondary N) is 1. The highest BCUT2D eigenvalue weighted by Crippen LogP contribution is 2.26. The summed E-state index contributed by atoms with van der Waals surface area (Å²) in [5.41, 5.74) is 2.17. The molecule has 3 nitrogen and oxygen atoms in total. The minimum atomic E-state index is 0.0745. The van der Waals surface area contributed by atoms with Gasteiger partial charge in [-0.1, -0.05) is 60.1 Å². The van der Waals surface area contributed by atoms with Gasteiger partial charge in [-0.2, -0.15) is 0 Å². The van der Waals surface area contributed by atoms with Crippen LogP contribution in [0.25, 0.3) is 10.8 Å². The maximum Gasteiger partial charge on any atom is 0.227 e. The Labute approximate surface area is 164 Å². The fourth-order valence-electron chi connectivity index (χ4n) is 3.77. The van der Waals surface area contributed by atoms with Crippen LogP contribution in [0.3, 0.4) is 0 Å². The number of hydrogen-bond donors (Lipinski definition) is 1. The van der Waals surface area contributed by atoms with Crippen LogP contribution in [-0.4, -0.2) is 23.9 Å². The van der Waals surface area contributed by atoms with Crippen LogP contribution in [0.5, 0.6) is 0 Å². The van der Waals surface area contributed by atoms with E-state index in [-0.39, 0.29) is 11.8 Å². The van der Waals surface area contributed by atoms with E-state index in [2.05, 4.69) is 40.5 Å². The first-order valence-corrected chi connectivity index (χ1v) is 9.82. The van der Waals surface area contributed by atoms with E-state index in [1.807, 2.05) is 36.4 Å². The Balaban J connectivity index is 1.35. The number of rotatable bonds is 4. The van der Waals surface area contributed by atoms with Gasteiger partial charge in [-0.25, -0.2) is 0 Å². The molecule has 1 fully saturated rings. The van der Waals surface area contributed by atoms with E-state index in [1.165, 1.54) is 5.56 Å².